The Morgan fingerprint density at radius 2 is 1.83 bits per heavy atom. The zero-order valence-electron chi connectivity index (χ0n) is 13.1. The lowest BCUT2D eigenvalue weighted by Gasteiger charge is -2.20. The number of rotatable bonds is 6. The number of nitrogens with zero attached hydrogens (tertiary/aromatic N) is 2. The van der Waals surface area contributed by atoms with E-state index in [1.807, 2.05) is 0 Å². The van der Waals surface area contributed by atoms with Gasteiger partial charge in [-0.25, -0.2) is 8.42 Å². The molecule has 126 valence electrons. The number of carbonyl (C=O) groups is 2. The second-order valence-electron chi connectivity index (χ2n) is 5.33. The van der Waals surface area contributed by atoms with Crippen LogP contribution >= 0.6 is 0 Å². The Hall–Kier alpha value is -1.93. The van der Waals surface area contributed by atoms with Crippen molar-refractivity contribution in [1.82, 2.24) is 4.31 Å². The normalized spacial score (nSPS) is 18.7. The van der Waals surface area contributed by atoms with Crippen molar-refractivity contribution in [2.45, 2.75) is 25.2 Å². The summed E-state index contributed by atoms with van der Waals surface area (Å²) in [4.78, 5) is 24.4. The summed E-state index contributed by atoms with van der Waals surface area (Å²) >= 11 is 0. The summed E-state index contributed by atoms with van der Waals surface area (Å²) in [7, 11) is -3.54. The van der Waals surface area contributed by atoms with E-state index >= 15 is 0 Å². The summed E-state index contributed by atoms with van der Waals surface area (Å²) in [6.45, 7) is 4.40. The first-order chi connectivity index (χ1) is 10.8. The van der Waals surface area contributed by atoms with Crippen molar-refractivity contribution in [3.63, 3.8) is 0 Å². The molecule has 0 saturated carbocycles. The largest absolute Gasteiger partial charge is 0.481 e. The summed E-state index contributed by atoms with van der Waals surface area (Å²) in [5, 5.41) is 9.00. The maximum Gasteiger partial charge on any atom is 0.308 e. The highest BCUT2D eigenvalue weighted by molar-refractivity contribution is 7.89. The molecule has 23 heavy (non-hydrogen) atoms. The Kier molecular flexibility index (Phi) is 5.06. The molecule has 7 nitrogen and oxygen atoms in total. The number of hydrogen-bond donors (Lipinski definition) is 1. The van der Waals surface area contributed by atoms with E-state index in [0.717, 1.165) is 0 Å². The third-order valence-electron chi connectivity index (χ3n) is 3.97. The fraction of sp³-hybridized carbons (Fsp3) is 0.467. The van der Waals surface area contributed by atoms with Crippen LogP contribution in [0.3, 0.4) is 0 Å². The summed E-state index contributed by atoms with van der Waals surface area (Å²) in [6, 6.07) is 5.98. The van der Waals surface area contributed by atoms with Gasteiger partial charge in [0.05, 0.1) is 10.8 Å². The molecule has 0 aliphatic carbocycles. The molecule has 1 saturated heterocycles. The average molecular weight is 340 g/mol. The maximum atomic E-state index is 12.4. The monoisotopic (exact) mass is 340 g/mol. The summed E-state index contributed by atoms with van der Waals surface area (Å²) < 4.78 is 26.2. The van der Waals surface area contributed by atoms with Crippen molar-refractivity contribution in [3.05, 3.63) is 24.3 Å². The van der Waals surface area contributed by atoms with Crippen molar-refractivity contribution in [2.24, 2.45) is 5.92 Å². The molecular formula is C15H20N2O5S. The molecule has 0 bridgehead atoms. The number of carboxylic acid groups (broad SMARTS) is 1. The summed E-state index contributed by atoms with van der Waals surface area (Å²) in [5.41, 5.74) is 0.511. The van der Waals surface area contributed by atoms with Crippen molar-refractivity contribution in [1.29, 1.82) is 0 Å². The molecule has 0 unspecified atom stereocenters. The van der Waals surface area contributed by atoms with E-state index < -0.39 is 21.9 Å². The molecule has 0 spiro atoms. The number of anilines is 1. The molecule has 0 aromatic heterocycles. The Morgan fingerprint density at radius 3 is 2.26 bits per heavy atom. The SMILES string of the molecule is CCN(CC)S(=O)(=O)c1ccc(N2C[C@@H](C(=O)O)CC2=O)cc1. The van der Waals surface area contributed by atoms with Gasteiger partial charge >= 0.3 is 5.97 Å². The van der Waals surface area contributed by atoms with E-state index in [2.05, 4.69) is 0 Å². The lowest BCUT2D eigenvalue weighted by atomic mass is 10.1. The predicted molar refractivity (Wildman–Crippen MR) is 84.6 cm³/mol. The predicted octanol–water partition coefficient (Wildman–Crippen LogP) is 1.15. The standard InChI is InChI=1S/C15H20N2O5S/c1-3-16(4-2)23(21,22)13-7-5-12(6-8-13)17-10-11(15(19)20)9-14(17)18/h5-8,11H,3-4,9-10H2,1-2H3,(H,19,20)/t11-/m0/s1. The van der Waals surface area contributed by atoms with Crippen LogP contribution in [0.1, 0.15) is 20.3 Å². The maximum absolute atomic E-state index is 12.4. The van der Waals surface area contributed by atoms with E-state index in [-0.39, 0.29) is 23.8 Å². The van der Waals surface area contributed by atoms with Crippen LogP contribution in [0.15, 0.2) is 29.2 Å². The highest BCUT2D eigenvalue weighted by Crippen LogP contribution is 2.27. The van der Waals surface area contributed by atoms with Crippen molar-refractivity contribution < 1.29 is 23.1 Å². The fourth-order valence-corrected chi connectivity index (χ4v) is 4.09. The highest BCUT2D eigenvalue weighted by Gasteiger charge is 2.35. The van der Waals surface area contributed by atoms with Crippen LogP contribution in [0, 0.1) is 5.92 Å². The van der Waals surface area contributed by atoms with Gasteiger partial charge in [0.1, 0.15) is 0 Å². The van der Waals surface area contributed by atoms with Gasteiger partial charge in [-0.15, -0.1) is 0 Å². The second-order valence-corrected chi connectivity index (χ2v) is 7.26. The molecule has 1 heterocycles. The Balaban J connectivity index is 2.24. The number of hydrogen-bond acceptors (Lipinski definition) is 4. The third kappa shape index (κ3) is 3.37. The van der Waals surface area contributed by atoms with Gasteiger partial charge in [0.2, 0.25) is 15.9 Å². The van der Waals surface area contributed by atoms with Gasteiger partial charge in [0.15, 0.2) is 0 Å². The van der Waals surface area contributed by atoms with Crippen LogP contribution in [0.4, 0.5) is 5.69 Å². The summed E-state index contributed by atoms with van der Waals surface area (Å²) in [5.74, 6) is -1.99. The van der Waals surface area contributed by atoms with Gasteiger partial charge in [0, 0.05) is 31.7 Å². The van der Waals surface area contributed by atoms with Crippen LogP contribution in [0.5, 0.6) is 0 Å². The quantitative estimate of drug-likeness (QED) is 0.838. The van der Waals surface area contributed by atoms with E-state index in [0.29, 0.717) is 18.8 Å². The van der Waals surface area contributed by atoms with Gasteiger partial charge < -0.3 is 10.0 Å². The Labute approximate surface area is 135 Å². The molecule has 1 N–H and O–H groups in total. The van der Waals surface area contributed by atoms with Gasteiger partial charge in [-0.1, -0.05) is 13.8 Å². The van der Waals surface area contributed by atoms with Crippen molar-refractivity contribution >= 4 is 27.6 Å². The first-order valence-electron chi connectivity index (χ1n) is 7.44. The minimum Gasteiger partial charge on any atom is -0.481 e. The third-order valence-corrected chi connectivity index (χ3v) is 6.03. The average Bonchev–Trinajstić information content (AvgIpc) is 2.90. The molecule has 0 radical (unpaired) electrons. The lowest BCUT2D eigenvalue weighted by Crippen LogP contribution is -2.30. The van der Waals surface area contributed by atoms with Crippen molar-refractivity contribution in [3.8, 4) is 0 Å². The molecule has 1 aromatic rings. The second kappa shape index (κ2) is 6.67. The van der Waals surface area contributed by atoms with Crippen LogP contribution in [0.25, 0.3) is 0 Å². The zero-order valence-corrected chi connectivity index (χ0v) is 13.9. The van der Waals surface area contributed by atoms with Gasteiger partial charge in [-0.3, -0.25) is 9.59 Å². The Morgan fingerprint density at radius 1 is 1.26 bits per heavy atom. The Bertz CT molecular complexity index is 695. The number of sulfonamides is 1. The number of carboxylic acids is 1. The minimum absolute atomic E-state index is 0.0329. The number of benzene rings is 1. The van der Waals surface area contributed by atoms with Crippen molar-refractivity contribution in [2.75, 3.05) is 24.5 Å². The van der Waals surface area contributed by atoms with E-state index in [9.17, 15) is 18.0 Å². The summed E-state index contributed by atoms with van der Waals surface area (Å²) in [6.07, 6.45) is -0.0329. The van der Waals surface area contributed by atoms with Crippen LogP contribution in [-0.4, -0.2) is 49.3 Å². The molecule has 2 rings (SSSR count). The molecule has 1 fully saturated rings. The van der Waals surface area contributed by atoms with E-state index in [1.54, 1.807) is 26.0 Å². The molecule has 1 atom stereocenters. The fourth-order valence-electron chi connectivity index (χ4n) is 2.63. The van der Waals surface area contributed by atoms with Crippen LogP contribution in [-0.2, 0) is 19.6 Å². The van der Waals surface area contributed by atoms with Gasteiger partial charge in [0.25, 0.3) is 0 Å². The molecule has 1 aromatic carbocycles. The molecule has 1 aliphatic rings. The zero-order chi connectivity index (χ0) is 17.2. The number of carbonyl (C=O) groups excluding carboxylic acids is 1. The van der Waals surface area contributed by atoms with Crippen LogP contribution < -0.4 is 4.90 Å². The van der Waals surface area contributed by atoms with E-state index in [1.165, 1.54) is 21.3 Å². The molecule has 1 aliphatic heterocycles. The molecule has 1 amide bonds. The van der Waals surface area contributed by atoms with Gasteiger partial charge in [-0.05, 0) is 24.3 Å². The first-order valence-corrected chi connectivity index (χ1v) is 8.88. The van der Waals surface area contributed by atoms with Gasteiger partial charge in [-0.2, -0.15) is 4.31 Å². The van der Waals surface area contributed by atoms with Crippen LogP contribution in [0.2, 0.25) is 0 Å². The molecule has 8 heteroatoms. The first kappa shape index (κ1) is 17.4. The number of aliphatic carboxylic acids is 1. The van der Waals surface area contributed by atoms with E-state index in [4.69, 9.17) is 5.11 Å². The molecular weight excluding hydrogens is 320 g/mol. The highest BCUT2D eigenvalue weighted by atomic mass is 32.2. The topological polar surface area (TPSA) is 95.0 Å². The minimum atomic E-state index is -3.54. The smallest absolute Gasteiger partial charge is 0.308 e. The lowest BCUT2D eigenvalue weighted by molar-refractivity contribution is -0.141. The number of amides is 1.